The first kappa shape index (κ1) is 12.8. The molecule has 0 saturated carbocycles. The highest BCUT2D eigenvalue weighted by atomic mass is 16.3. The predicted octanol–water partition coefficient (Wildman–Crippen LogP) is -2.02. The molecule has 4 N–H and O–H groups in total. The summed E-state index contributed by atoms with van der Waals surface area (Å²) in [4.78, 5) is 1.07. The molecule has 0 atom stereocenters. The fourth-order valence-electron chi connectivity index (χ4n) is 1.58. The Morgan fingerprint density at radius 1 is 1.12 bits per heavy atom. The van der Waals surface area contributed by atoms with Crippen LogP contribution in [0.3, 0.4) is 0 Å². The van der Waals surface area contributed by atoms with Crippen molar-refractivity contribution < 1.29 is 20.2 Å². The Labute approximate surface area is 95.1 Å². The van der Waals surface area contributed by atoms with Gasteiger partial charge in [0.2, 0.25) is 0 Å². The molecule has 0 heterocycles. The second-order valence-corrected chi connectivity index (χ2v) is 3.43. The van der Waals surface area contributed by atoms with Gasteiger partial charge in [0.05, 0.1) is 13.2 Å². The summed E-state index contributed by atoms with van der Waals surface area (Å²) in [7, 11) is 1.75. The molecule has 5 heteroatoms. The van der Waals surface area contributed by atoms with Gasteiger partial charge in [-0.1, -0.05) is 0 Å². The molecule has 0 amide bonds. The van der Waals surface area contributed by atoms with Crippen LogP contribution < -0.4 is 10.0 Å². The number of rotatable bonds is 6. The summed E-state index contributed by atoms with van der Waals surface area (Å²) >= 11 is 0. The van der Waals surface area contributed by atoms with Crippen molar-refractivity contribution in [3.05, 3.63) is 24.3 Å². The Hall–Kier alpha value is -1.30. The second kappa shape index (κ2) is 7.05. The number of azo groups is 1. The van der Waals surface area contributed by atoms with Crippen LogP contribution >= 0.6 is 0 Å². The van der Waals surface area contributed by atoms with E-state index >= 15 is 0 Å². The van der Waals surface area contributed by atoms with Gasteiger partial charge in [-0.15, -0.1) is 5.11 Å². The zero-order valence-corrected chi connectivity index (χ0v) is 9.48. The molecular formula is C11H19N3O2+2. The molecule has 1 rings (SSSR count). The van der Waals surface area contributed by atoms with E-state index in [1.54, 1.807) is 7.05 Å². The van der Waals surface area contributed by atoms with Crippen LogP contribution in [0.4, 0.5) is 11.4 Å². The van der Waals surface area contributed by atoms with E-state index in [0.717, 1.165) is 16.3 Å². The molecule has 0 aliphatic rings. The van der Waals surface area contributed by atoms with Gasteiger partial charge in [-0.2, -0.15) is 0 Å². The highest BCUT2D eigenvalue weighted by molar-refractivity contribution is 5.42. The Balaban J connectivity index is 2.76. The number of hydrogen-bond donors (Lipinski definition) is 4. The van der Waals surface area contributed by atoms with E-state index in [1.165, 1.54) is 0 Å². The number of hydrogen-bond acceptors (Lipinski definition) is 3. The molecule has 16 heavy (non-hydrogen) atoms. The summed E-state index contributed by atoms with van der Waals surface area (Å²) < 4.78 is 0. The third kappa shape index (κ3) is 3.69. The summed E-state index contributed by atoms with van der Waals surface area (Å²) in [5.41, 5.74) is 1.91. The van der Waals surface area contributed by atoms with E-state index in [1.807, 2.05) is 24.3 Å². The largest absolute Gasteiger partial charge is 0.391 e. The van der Waals surface area contributed by atoms with Crippen LogP contribution in [0.2, 0.25) is 0 Å². The lowest BCUT2D eigenvalue weighted by atomic mass is 10.2. The molecule has 0 unspecified atom stereocenters. The maximum atomic E-state index is 8.93. The monoisotopic (exact) mass is 225 g/mol. The van der Waals surface area contributed by atoms with Crippen molar-refractivity contribution >= 4 is 11.4 Å². The topological polar surface area (TPSA) is 71.2 Å². The predicted molar refractivity (Wildman–Crippen MR) is 59.9 cm³/mol. The van der Waals surface area contributed by atoms with Crippen molar-refractivity contribution in [1.82, 2.24) is 0 Å². The van der Waals surface area contributed by atoms with Crippen LogP contribution in [0.1, 0.15) is 0 Å². The van der Waals surface area contributed by atoms with Crippen LogP contribution in [0.15, 0.2) is 29.4 Å². The molecule has 0 saturated heterocycles. The minimum atomic E-state index is 0.109. The molecule has 5 nitrogen and oxygen atoms in total. The summed E-state index contributed by atoms with van der Waals surface area (Å²) in [5, 5.41) is 24.6. The summed E-state index contributed by atoms with van der Waals surface area (Å²) in [6.07, 6.45) is 0. The summed E-state index contributed by atoms with van der Waals surface area (Å²) in [5.74, 6) is 0. The van der Waals surface area contributed by atoms with Gasteiger partial charge in [-0.3, -0.25) is 4.90 Å². The molecule has 1 aromatic carbocycles. The number of nitrogens with one attached hydrogen (secondary N) is 2. The number of benzene rings is 1. The molecule has 0 bridgehead atoms. The lowest BCUT2D eigenvalue weighted by Gasteiger charge is -2.16. The molecule has 0 radical (unpaired) electrons. The maximum Gasteiger partial charge on any atom is 0.156 e. The molecule has 0 aliphatic carbocycles. The van der Waals surface area contributed by atoms with Crippen LogP contribution in [-0.2, 0) is 0 Å². The van der Waals surface area contributed by atoms with Crippen molar-refractivity contribution in [3.63, 3.8) is 0 Å². The number of aliphatic hydroxyl groups is 2. The maximum absolute atomic E-state index is 8.93. The van der Waals surface area contributed by atoms with Crippen molar-refractivity contribution in [1.29, 1.82) is 0 Å². The zero-order valence-electron chi connectivity index (χ0n) is 9.48. The number of nitrogens with zero attached hydrogens (tertiary/aromatic N) is 1. The van der Waals surface area contributed by atoms with E-state index in [0.29, 0.717) is 13.1 Å². The molecule has 1 aromatic rings. The van der Waals surface area contributed by atoms with Crippen molar-refractivity contribution in [3.8, 4) is 0 Å². The SMILES string of the molecule is C[NH+]=Nc1ccc([NH+](CCO)CCO)cc1. The third-order valence-electron chi connectivity index (χ3n) is 2.34. The van der Waals surface area contributed by atoms with E-state index in [2.05, 4.69) is 10.2 Å². The number of aliphatic hydroxyl groups excluding tert-OH is 2. The minimum absolute atomic E-state index is 0.109. The van der Waals surface area contributed by atoms with Crippen LogP contribution in [-0.4, -0.2) is 43.6 Å². The van der Waals surface area contributed by atoms with Crippen molar-refractivity contribution in [2.45, 2.75) is 0 Å². The van der Waals surface area contributed by atoms with E-state index in [9.17, 15) is 0 Å². The van der Waals surface area contributed by atoms with E-state index in [-0.39, 0.29) is 13.2 Å². The van der Waals surface area contributed by atoms with Crippen LogP contribution in [0.25, 0.3) is 0 Å². The lowest BCUT2D eigenvalue weighted by Crippen LogP contribution is -3.08. The van der Waals surface area contributed by atoms with Crippen molar-refractivity contribution in [2.75, 3.05) is 33.4 Å². The van der Waals surface area contributed by atoms with Gasteiger partial charge in [-0.25, -0.2) is 0 Å². The Morgan fingerprint density at radius 3 is 2.12 bits per heavy atom. The standard InChI is InChI=1S/C11H17N3O2/c1-12-13-10-2-4-11(5-3-10)14(6-8-15)7-9-16/h2-5,15-16H,6-9H2,1H3/p+2. The molecule has 0 spiro atoms. The van der Waals surface area contributed by atoms with Gasteiger partial charge < -0.3 is 10.2 Å². The summed E-state index contributed by atoms with van der Waals surface area (Å²) in [6, 6.07) is 7.72. The Morgan fingerprint density at radius 2 is 1.69 bits per heavy atom. The molecular weight excluding hydrogens is 206 g/mol. The fourth-order valence-corrected chi connectivity index (χ4v) is 1.58. The first-order valence-electron chi connectivity index (χ1n) is 5.36. The molecule has 0 aliphatic heterocycles. The smallest absolute Gasteiger partial charge is 0.156 e. The summed E-state index contributed by atoms with van der Waals surface area (Å²) in [6.45, 7) is 1.42. The minimum Gasteiger partial charge on any atom is -0.391 e. The Kier molecular flexibility index (Phi) is 5.63. The molecule has 88 valence electrons. The van der Waals surface area contributed by atoms with Gasteiger partial charge in [0.1, 0.15) is 24.5 Å². The third-order valence-corrected chi connectivity index (χ3v) is 2.34. The van der Waals surface area contributed by atoms with Crippen LogP contribution in [0, 0.1) is 0 Å². The van der Waals surface area contributed by atoms with E-state index < -0.39 is 0 Å². The van der Waals surface area contributed by atoms with E-state index in [4.69, 9.17) is 10.2 Å². The van der Waals surface area contributed by atoms with Gasteiger partial charge in [-0.05, 0) is 17.2 Å². The van der Waals surface area contributed by atoms with Crippen molar-refractivity contribution in [2.24, 2.45) is 5.11 Å². The second-order valence-electron chi connectivity index (χ2n) is 3.43. The van der Waals surface area contributed by atoms with Gasteiger partial charge >= 0.3 is 0 Å². The highest BCUT2D eigenvalue weighted by Gasteiger charge is 2.10. The molecule has 0 aromatic heterocycles. The zero-order chi connectivity index (χ0) is 11.8. The van der Waals surface area contributed by atoms with Crippen LogP contribution in [0.5, 0.6) is 0 Å². The normalized spacial score (nSPS) is 11.5. The average Bonchev–Trinajstić information content (AvgIpc) is 2.30. The van der Waals surface area contributed by atoms with Gasteiger partial charge in [0.25, 0.3) is 0 Å². The van der Waals surface area contributed by atoms with Gasteiger partial charge in [0, 0.05) is 12.1 Å². The van der Waals surface area contributed by atoms with Gasteiger partial charge in [0.15, 0.2) is 7.05 Å². The first-order chi connectivity index (χ1) is 7.81. The Bertz CT molecular complexity index is 319. The fraction of sp³-hybridized carbons (Fsp3) is 0.455. The first-order valence-corrected chi connectivity index (χ1v) is 5.36. The highest BCUT2D eigenvalue weighted by Crippen LogP contribution is 2.11. The average molecular weight is 225 g/mol. The lowest BCUT2D eigenvalue weighted by molar-refractivity contribution is -0.833. The quantitative estimate of drug-likeness (QED) is 0.422. The molecule has 0 fully saturated rings. The number of quaternary nitrogens is 1.